The summed E-state index contributed by atoms with van der Waals surface area (Å²) < 4.78 is 1.67. The second-order valence-corrected chi connectivity index (χ2v) is 7.49. The Bertz CT molecular complexity index is 1030. The molecule has 0 atom stereocenters. The normalized spacial score (nSPS) is 18.0. The standard InChI is InChI=1S/C14H12N2O.C8H15N3/c1-10-9-16(11-5-3-2-4-6-11)14(17)13-12(10)7-8-15-13;1-6-3-7(4-6)8(10)11(2)5-9/h2-9,15H,1H3;5-7,9-10H,3-4H2,1-2H3. The average molecular weight is 377 g/mol. The molecule has 0 unspecified atom stereocenters. The molecule has 1 aromatic carbocycles. The van der Waals surface area contributed by atoms with Crippen molar-refractivity contribution in [1.29, 1.82) is 10.8 Å². The summed E-state index contributed by atoms with van der Waals surface area (Å²) >= 11 is 0. The van der Waals surface area contributed by atoms with Crippen LogP contribution in [0.5, 0.6) is 0 Å². The zero-order valence-electron chi connectivity index (χ0n) is 16.6. The number of aromatic amines is 1. The van der Waals surface area contributed by atoms with Crippen molar-refractivity contribution >= 4 is 23.1 Å². The van der Waals surface area contributed by atoms with Gasteiger partial charge < -0.3 is 9.88 Å². The largest absolute Gasteiger partial charge is 0.357 e. The maximum Gasteiger partial charge on any atom is 0.279 e. The van der Waals surface area contributed by atoms with E-state index < -0.39 is 0 Å². The highest BCUT2D eigenvalue weighted by molar-refractivity contribution is 5.90. The van der Waals surface area contributed by atoms with E-state index in [4.69, 9.17) is 10.8 Å². The fourth-order valence-electron chi connectivity index (χ4n) is 3.58. The van der Waals surface area contributed by atoms with Gasteiger partial charge in [-0.1, -0.05) is 25.1 Å². The molecule has 146 valence electrons. The van der Waals surface area contributed by atoms with Gasteiger partial charge in [-0.25, -0.2) is 0 Å². The van der Waals surface area contributed by atoms with Gasteiger partial charge in [0.05, 0.1) is 6.34 Å². The molecule has 1 saturated carbocycles. The average Bonchev–Trinajstić information content (AvgIpc) is 3.19. The molecule has 1 aliphatic carbocycles. The molecule has 2 aromatic heterocycles. The number of benzene rings is 1. The Labute approximate surface area is 164 Å². The topological polar surface area (TPSA) is 88.7 Å². The van der Waals surface area contributed by atoms with Crippen LogP contribution in [0.1, 0.15) is 25.3 Å². The SMILES string of the molecule is CC1CC(C(=N)N(C)C=N)C1.Cc1cn(-c2ccccc2)c(=O)c2[nH]ccc12. The van der Waals surface area contributed by atoms with Crippen molar-refractivity contribution in [3.8, 4) is 5.69 Å². The number of aromatic nitrogens is 2. The number of para-hydroxylation sites is 1. The number of rotatable bonds is 3. The summed E-state index contributed by atoms with van der Waals surface area (Å²) in [6.45, 7) is 4.21. The van der Waals surface area contributed by atoms with Crippen LogP contribution >= 0.6 is 0 Å². The number of aryl methyl sites for hydroxylation is 1. The molecule has 0 aliphatic heterocycles. The molecule has 6 nitrogen and oxygen atoms in total. The minimum absolute atomic E-state index is 0.0122. The van der Waals surface area contributed by atoms with Crippen molar-refractivity contribution < 1.29 is 0 Å². The number of H-pyrrole nitrogens is 1. The number of nitrogens with zero attached hydrogens (tertiary/aromatic N) is 2. The lowest BCUT2D eigenvalue weighted by Gasteiger charge is -2.35. The highest BCUT2D eigenvalue weighted by Crippen LogP contribution is 2.34. The quantitative estimate of drug-likeness (QED) is 0.472. The summed E-state index contributed by atoms with van der Waals surface area (Å²) in [6.07, 6.45) is 7.13. The first-order chi connectivity index (χ1) is 13.4. The van der Waals surface area contributed by atoms with Gasteiger partial charge in [0.25, 0.3) is 5.56 Å². The Morgan fingerprint density at radius 1 is 1.25 bits per heavy atom. The predicted molar refractivity (Wildman–Crippen MR) is 115 cm³/mol. The Kier molecular flexibility index (Phi) is 5.78. The Balaban J connectivity index is 0.000000178. The molecule has 0 amide bonds. The van der Waals surface area contributed by atoms with E-state index in [0.29, 0.717) is 17.3 Å². The number of nitrogens with one attached hydrogen (secondary N) is 3. The lowest BCUT2D eigenvalue weighted by molar-refractivity contribution is 0.269. The first kappa shape index (κ1) is 19.6. The number of amidine groups is 1. The van der Waals surface area contributed by atoms with E-state index in [1.54, 1.807) is 22.7 Å². The van der Waals surface area contributed by atoms with Gasteiger partial charge in [0, 0.05) is 36.4 Å². The van der Waals surface area contributed by atoms with Gasteiger partial charge in [-0.3, -0.25) is 20.2 Å². The van der Waals surface area contributed by atoms with Crippen LogP contribution in [0, 0.1) is 29.6 Å². The van der Waals surface area contributed by atoms with E-state index >= 15 is 0 Å². The molecule has 0 radical (unpaired) electrons. The van der Waals surface area contributed by atoms with Crippen LogP contribution < -0.4 is 5.56 Å². The summed E-state index contributed by atoms with van der Waals surface area (Å²) in [4.78, 5) is 16.9. The molecule has 3 aromatic rings. The molecular weight excluding hydrogens is 350 g/mol. The van der Waals surface area contributed by atoms with Gasteiger partial charge in [-0.05, 0) is 49.4 Å². The van der Waals surface area contributed by atoms with Crippen LogP contribution in [0.2, 0.25) is 0 Å². The van der Waals surface area contributed by atoms with Crippen molar-refractivity contribution in [1.82, 2.24) is 14.5 Å². The van der Waals surface area contributed by atoms with Gasteiger partial charge >= 0.3 is 0 Å². The van der Waals surface area contributed by atoms with Crippen molar-refractivity contribution in [2.75, 3.05) is 7.05 Å². The van der Waals surface area contributed by atoms with E-state index in [-0.39, 0.29) is 5.56 Å². The summed E-state index contributed by atoms with van der Waals surface area (Å²) in [7, 11) is 1.76. The minimum Gasteiger partial charge on any atom is -0.357 e. The Hall–Kier alpha value is -3.15. The summed E-state index contributed by atoms with van der Waals surface area (Å²) in [5.41, 5.74) is 2.62. The Morgan fingerprint density at radius 2 is 1.93 bits per heavy atom. The second-order valence-electron chi connectivity index (χ2n) is 7.49. The monoisotopic (exact) mass is 377 g/mol. The van der Waals surface area contributed by atoms with Crippen LogP contribution in [-0.4, -0.2) is 33.7 Å². The number of fused-ring (bicyclic) bond motifs is 1. The zero-order valence-corrected chi connectivity index (χ0v) is 16.6. The summed E-state index contributed by atoms with van der Waals surface area (Å²) in [5, 5.41) is 15.5. The van der Waals surface area contributed by atoms with Gasteiger partial charge in [0.15, 0.2) is 0 Å². The minimum atomic E-state index is -0.0122. The third kappa shape index (κ3) is 3.91. The van der Waals surface area contributed by atoms with Crippen LogP contribution in [-0.2, 0) is 0 Å². The second kappa shape index (κ2) is 8.25. The third-order valence-corrected chi connectivity index (χ3v) is 5.30. The van der Waals surface area contributed by atoms with Crippen LogP contribution in [0.25, 0.3) is 16.6 Å². The number of pyridine rings is 1. The van der Waals surface area contributed by atoms with Gasteiger partial charge in [0.2, 0.25) is 0 Å². The van der Waals surface area contributed by atoms with Gasteiger partial charge in [-0.2, -0.15) is 0 Å². The highest BCUT2D eigenvalue weighted by atomic mass is 16.1. The molecular formula is C22H27N5O. The van der Waals surface area contributed by atoms with E-state index in [1.807, 2.05) is 49.5 Å². The van der Waals surface area contributed by atoms with E-state index in [9.17, 15) is 4.79 Å². The highest BCUT2D eigenvalue weighted by Gasteiger charge is 2.30. The van der Waals surface area contributed by atoms with Crippen LogP contribution in [0.15, 0.2) is 53.6 Å². The molecule has 0 bridgehead atoms. The van der Waals surface area contributed by atoms with E-state index in [2.05, 4.69) is 11.9 Å². The molecule has 6 heteroatoms. The smallest absolute Gasteiger partial charge is 0.279 e. The van der Waals surface area contributed by atoms with Crippen LogP contribution in [0.3, 0.4) is 0 Å². The van der Waals surface area contributed by atoms with Crippen molar-refractivity contribution in [2.45, 2.75) is 26.7 Å². The molecule has 0 spiro atoms. The third-order valence-electron chi connectivity index (χ3n) is 5.30. The lowest BCUT2D eigenvalue weighted by Crippen LogP contribution is -2.37. The van der Waals surface area contributed by atoms with Gasteiger partial charge in [0.1, 0.15) is 11.4 Å². The fraction of sp³-hybridized carbons (Fsp3) is 0.318. The molecule has 1 fully saturated rings. The van der Waals surface area contributed by atoms with Crippen molar-refractivity contribution in [2.24, 2.45) is 11.8 Å². The number of hydrogen-bond acceptors (Lipinski definition) is 3. The molecule has 1 aliphatic rings. The maximum absolute atomic E-state index is 12.3. The van der Waals surface area contributed by atoms with E-state index in [0.717, 1.165) is 35.4 Å². The summed E-state index contributed by atoms with van der Waals surface area (Å²) in [5.74, 6) is 1.79. The molecule has 0 saturated heterocycles. The van der Waals surface area contributed by atoms with Gasteiger partial charge in [-0.15, -0.1) is 0 Å². The first-order valence-electron chi connectivity index (χ1n) is 9.49. The fourth-order valence-corrected chi connectivity index (χ4v) is 3.58. The van der Waals surface area contributed by atoms with Crippen molar-refractivity contribution in [3.05, 3.63) is 64.7 Å². The maximum atomic E-state index is 12.3. The molecule has 2 heterocycles. The zero-order chi connectivity index (χ0) is 20.3. The number of hydrogen-bond donors (Lipinski definition) is 3. The summed E-state index contributed by atoms with van der Waals surface area (Å²) in [6, 6.07) is 11.6. The molecule has 3 N–H and O–H groups in total. The Morgan fingerprint density at radius 3 is 2.54 bits per heavy atom. The molecule has 4 rings (SSSR count). The van der Waals surface area contributed by atoms with Crippen molar-refractivity contribution in [3.63, 3.8) is 0 Å². The lowest BCUT2D eigenvalue weighted by atomic mass is 9.75. The van der Waals surface area contributed by atoms with Crippen LogP contribution in [0.4, 0.5) is 0 Å². The first-order valence-corrected chi connectivity index (χ1v) is 9.49. The predicted octanol–water partition coefficient (Wildman–Crippen LogP) is 4.18. The van der Waals surface area contributed by atoms with E-state index in [1.165, 1.54) is 6.34 Å². The molecule has 28 heavy (non-hydrogen) atoms.